The van der Waals surface area contributed by atoms with Crippen LogP contribution in [0.2, 0.25) is 19.1 Å². The van der Waals surface area contributed by atoms with Gasteiger partial charge in [-0.3, -0.25) is 10.1 Å². The van der Waals surface area contributed by atoms with Gasteiger partial charge in [0.05, 0.1) is 11.5 Å². The number of nitro benzene ring substituents is 1. The summed E-state index contributed by atoms with van der Waals surface area (Å²) >= 11 is 0. The van der Waals surface area contributed by atoms with Gasteiger partial charge in [0.1, 0.15) is 11.5 Å². The standard InChI is InChI=1S/C22H29NO6Si/c1-15(2)14-30(5,6)27-13-18-11-16(3)21(17(4)12-18)29-22(24)28-20-9-7-19(8-10-20)23(25)26/h7-12,15H,13-14H2,1-6H3. The molecule has 8 heteroatoms. The van der Waals surface area contributed by atoms with E-state index < -0.39 is 19.4 Å². The van der Waals surface area contributed by atoms with Gasteiger partial charge >= 0.3 is 6.16 Å². The number of non-ortho nitro benzene ring substituents is 1. The van der Waals surface area contributed by atoms with Gasteiger partial charge in [0.25, 0.3) is 5.69 Å². The molecule has 0 radical (unpaired) electrons. The predicted octanol–water partition coefficient (Wildman–Crippen LogP) is 6.17. The minimum Gasteiger partial charge on any atom is -0.413 e. The van der Waals surface area contributed by atoms with Crippen LogP contribution in [-0.2, 0) is 11.0 Å². The third kappa shape index (κ3) is 6.96. The molecule has 0 atom stereocenters. The predicted molar refractivity (Wildman–Crippen MR) is 118 cm³/mol. The molecular weight excluding hydrogens is 402 g/mol. The second-order valence-corrected chi connectivity index (χ2v) is 12.6. The summed E-state index contributed by atoms with van der Waals surface area (Å²) in [6.07, 6.45) is -0.899. The fourth-order valence-corrected chi connectivity index (χ4v) is 6.08. The first kappa shape index (κ1) is 23.6. The van der Waals surface area contributed by atoms with Gasteiger partial charge in [-0.25, -0.2) is 4.79 Å². The summed E-state index contributed by atoms with van der Waals surface area (Å²) in [5, 5.41) is 10.7. The molecule has 0 aromatic heterocycles. The van der Waals surface area contributed by atoms with E-state index in [0.29, 0.717) is 18.3 Å². The van der Waals surface area contributed by atoms with E-state index in [1.165, 1.54) is 24.3 Å². The van der Waals surface area contributed by atoms with Crippen molar-refractivity contribution in [2.75, 3.05) is 0 Å². The quantitative estimate of drug-likeness (QED) is 0.163. The highest BCUT2D eigenvalue weighted by Gasteiger charge is 2.24. The summed E-state index contributed by atoms with van der Waals surface area (Å²) in [6, 6.07) is 10.2. The van der Waals surface area contributed by atoms with E-state index in [1.54, 1.807) is 0 Å². The Kier molecular flexibility index (Phi) is 7.75. The van der Waals surface area contributed by atoms with Crippen molar-refractivity contribution in [3.8, 4) is 11.5 Å². The first-order chi connectivity index (χ1) is 14.0. The summed E-state index contributed by atoms with van der Waals surface area (Å²) in [7, 11) is -1.73. The van der Waals surface area contributed by atoms with Crippen LogP contribution in [0.15, 0.2) is 36.4 Å². The lowest BCUT2D eigenvalue weighted by atomic mass is 10.1. The number of hydrogen-bond acceptors (Lipinski definition) is 6. The first-order valence-corrected chi connectivity index (χ1v) is 13.0. The van der Waals surface area contributed by atoms with Crippen molar-refractivity contribution < 1.29 is 23.6 Å². The highest BCUT2D eigenvalue weighted by molar-refractivity contribution is 6.71. The number of carbonyl (C=O) groups excluding carboxylic acids is 1. The fourth-order valence-electron chi connectivity index (χ4n) is 3.44. The zero-order chi connectivity index (χ0) is 22.5. The first-order valence-electron chi connectivity index (χ1n) is 9.85. The topological polar surface area (TPSA) is 87.9 Å². The van der Waals surface area contributed by atoms with Crippen LogP contribution in [0.25, 0.3) is 0 Å². The maximum absolute atomic E-state index is 12.2. The summed E-state index contributed by atoms with van der Waals surface area (Å²) in [6.45, 7) is 13.1. The molecule has 0 heterocycles. The number of rotatable bonds is 8. The largest absolute Gasteiger partial charge is 0.519 e. The third-order valence-electron chi connectivity index (χ3n) is 4.48. The Morgan fingerprint density at radius 3 is 2.13 bits per heavy atom. The number of nitrogens with zero attached hydrogens (tertiary/aromatic N) is 1. The average Bonchev–Trinajstić information content (AvgIpc) is 2.62. The van der Waals surface area contributed by atoms with Gasteiger partial charge in [-0.1, -0.05) is 26.0 Å². The molecule has 0 bridgehead atoms. The van der Waals surface area contributed by atoms with E-state index in [-0.39, 0.29) is 11.4 Å². The van der Waals surface area contributed by atoms with E-state index in [4.69, 9.17) is 13.9 Å². The van der Waals surface area contributed by atoms with E-state index in [9.17, 15) is 14.9 Å². The number of carbonyl (C=O) groups is 1. The van der Waals surface area contributed by atoms with Crippen LogP contribution in [0.5, 0.6) is 11.5 Å². The summed E-state index contributed by atoms with van der Waals surface area (Å²) < 4.78 is 16.7. The number of aryl methyl sites for hydroxylation is 2. The molecule has 7 nitrogen and oxygen atoms in total. The lowest BCUT2D eigenvalue weighted by Gasteiger charge is -2.25. The van der Waals surface area contributed by atoms with E-state index in [0.717, 1.165) is 22.7 Å². The number of hydrogen-bond donors (Lipinski definition) is 0. The normalized spacial score (nSPS) is 11.4. The Balaban J connectivity index is 2.02. The lowest BCUT2D eigenvalue weighted by Crippen LogP contribution is -2.31. The maximum atomic E-state index is 12.2. The van der Waals surface area contributed by atoms with Gasteiger partial charge in [-0.2, -0.15) is 0 Å². The van der Waals surface area contributed by atoms with Crippen LogP contribution in [0, 0.1) is 29.9 Å². The molecule has 0 unspecified atom stereocenters. The van der Waals surface area contributed by atoms with Crippen LogP contribution in [-0.4, -0.2) is 19.4 Å². The second kappa shape index (κ2) is 9.86. The molecule has 0 aliphatic heterocycles. The van der Waals surface area contributed by atoms with Crippen molar-refractivity contribution in [3.63, 3.8) is 0 Å². The summed E-state index contributed by atoms with van der Waals surface area (Å²) in [5.41, 5.74) is 2.56. The van der Waals surface area contributed by atoms with Gasteiger partial charge in [-0.05, 0) is 67.7 Å². The van der Waals surface area contributed by atoms with Crippen molar-refractivity contribution in [1.82, 2.24) is 0 Å². The molecule has 0 fully saturated rings. The molecular formula is C22H29NO6Si. The molecule has 0 saturated carbocycles. The van der Waals surface area contributed by atoms with Crippen molar-refractivity contribution in [2.24, 2.45) is 5.92 Å². The monoisotopic (exact) mass is 431 g/mol. The average molecular weight is 432 g/mol. The van der Waals surface area contributed by atoms with Crippen molar-refractivity contribution >= 4 is 20.2 Å². The van der Waals surface area contributed by atoms with E-state index >= 15 is 0 Å². The van der Waals surface area contributed by atoms with Gasteiger partial charge in [0.15, 0.2) is 8.32 Å². The van der Waals surface area contributed by atoms with E-state index in [1.807, 2.05) is 26.0 Å². The highest BCUT2D eigenvalue weighted by atomic mass is 28.4. The molecule has 0 spiro atoms. The number of benzene rings is 2. The lowest BCUT2D eigenvalue weighted by molar-refractivity contribution is -0.384. The van der Waals surface area contributed by atoms with Crippen molar-refractivity contribution in [2.45, 2.75) is 53.4 Å². The number of nitro groups is 1. The molecule has 2 aromatic rings. The SMILES string of the molecule is Cc1cc(CO[Si](C)(C)CC(C)C)cc(C)c1OC(=O)Oc1ccc([N+](=O)[O-])cc1. The molecule has 2 aromatic carbocycles. The van der Waals surface area contributed by atoms with Gasteiger partial charge < -0.3 is 13.9 Å². The van der Waals surface area contributed by atoms with Gasteiger partial charge in [-0.15, -0.1) is 0 Å². The Labute approximate surface area is 178 Å². The fraction of sp³-hybridized carbons (Fsp3) is 0.409. The minimum atomic E-state index is -1.73. The zero-order valence-electron chi connectivity index (χ0n) is 18.4. The Morgan fingerprint density at radius 2 is 1.63 bits per heavy atom. The van der Waals surface area contributed by atoms with Gasteiger partial charge in [0, 0.05) is 12.1 Å². The smallest absolute Gasteiger partial charge is 0.413 e. The van der Waals surface area contributed by atoms with Crippen molar-refractivity contribution in [1.29, 1.82) is 0 Å². The minimum absolute atomic E-state index is 0.0835. The second-order valence-electron chi connectivity index (χ2n) is 8.41. The summed E-state index contributed by atoms with van der Waals surface area (Å²) in [4.78, 5) is 22.3. The van der Waals surface area contributed by atoms with Crippen LogP contribution < -0.4 is 9.47 Å². The molecule has 0 saturated heterocycles. The molecule has 162 valence electrons. The summed E-state index contributed by atoms with van der Waals surface area (Å²) in [5.74, 6) is 1.21. The molecule has 30 heavy (non-hydrogen) atoms. The van der Waals surface area contributed by atoms with Gasteiger partial charge in [0.2, 0.25) is 0 Å². The maximum Gasteiger partial charge on any atom is 0.519 e. The Hall–Kier alpha value is -2.71. The molecule has 0 amide bonds. The van der Waals surface area contributed by atoms with Crippen LogP contribution in [0.1, 0.15) is 30.5 Å². The molecule has 0 N–H and O–H groups in total. The molecule has 2 rings (SSSR count). The molecule has 0 aliphatic carbocycles. The Morgan fingerprint density at radius 1 is 1.07 bits per heavy atom. The van der Waals surface area contributed by atoms with Crippen LogP contribution >= 0.6 is 0 Å². The Bertz CT molecular complexity index is 885. The molecule has 0 aliphatic rings. The van der Waals surface area contributed by atoms with E-state index in [2.05, 4.69) is 26.9 Å². The third-order valence-corrected chi connectivity index (χ3v) is 7.21. The van der Waals surface area contributed by atoms with Crippen molar-refractivity contribution in [3.05, 3.63) is 63.2 Å². The van der Waals surface area contributed by atoms with Crippen LogP contribution in [0.4, 0.5) is 10.5 Å². The number of ether oxygens (including phenoxy) is 2. The van der Waals surface area contributed by atoms with Crippen LogP contribution in [0.3, 0.4) is 0 Å². The highest BCUT2D eigenvalue weighted by Crippen LogP contribution is 2.27. The zero-order valence-corrected chi connectivity index (χ0v) is 19.4.